The minimum atomic E-state index is -3.71. The summed E-state index contributed by atoms with van der Waals surface area (Å²) in [6.07, 6.45) is 0. The second kappa shape index (κ2) is 6.03. The van der Waals surface area contributed by atoms with E-state index < -0.39 is 10.0 Å². The van der Waals surface area contributed by atoms with Crippen LogP contribution >= 0.6 is 38.9 Å². The lowest BCUT2D eigenvalue weighted by Gasteiger charge is -2.08. The van der Waals surface area contributed by atoms with Crippen LogP contribution in [0.25, 0.3) is 0 Å². The van der Waals surface area contributed by atoms with Gasteiger partial charge in [0.25, 0.3) is 10.0 Å². The third-order valence-electron chi connectivity index (χ3n) is 2.58. The van der Waals surface area contributed by atoms with Gasteiger partial charge in [-0.1, -0.05) is 27.5 Å². The fourth-order valence-corrected chi connectivity index (χ4v) is 4.65. The molecule has 8 heteroatoms. The molecule has 0 spiro atoms. The van der Waals surface area contributed by atoms with Crippen LogP contribution in [0.15, 0.2) is 32.9 Å². The molecule has 0 atom stereocenters. The van der Waals surface area contributed by atoms with Gasteiger partial charge in [0, 0.05) is 9.35 Å². The number of halogens is 2. The van der Waals surface area contributed by atoms with Crippen LogP contribution in [0.5, 0.6) is 0 Å². The number of sulfonamides is 1. The lowest BCUT2D eigenvalue weighted by atomic mass is 10.3. The Morgan fingerprint density at radius 1 is 1.40 bits per heavy atom. The number of benzene rings is 1. The van der Waals surface area contributed by atoms with Crippen molar-refractivity contribution in [3.8, 4) is 0 Å². The SMILES string of the molecule is Cc1cc(S(=O)(=O)Nc2cc(Br)ccc2Cl)sc1CO. The normalized spacial score (nSPS) is 11.6. The van der Waals surface area contributed by atoms with Crippen LogP contribution in [0.2, 0.25) is 5.02 Å². The van der Waals surface area contributed by atoms with Gasteiger partial charge in [0.2, 0.25) is 0 Å². The molecular weight excluding hydrogens is 386 g/mol. The van der Waals surface area contributed by atoms with E-state index in [-0.39, 0.29) is 10.8 Å². The standard InChI is InChI=1S/C12H11BrClNO3S2/c1-7-4-12(19-11(7)6-16)20(17,18)15-10-5-8(13)2-3-9(10)14/h2-5,15-16H,6H2,1H3. The maximum atomic E-state index is 12.3. The monoisotopic (exact) mass is 395 g/mol. The van der Waals surface area contributed by atoms with E-state index in [9.17, 15) is 8.42 Å². The molecule has 1 aromatic carbocycles. The third-order valence-corrected chi connectivity index (χ3v) is 6.46. The van der Waals surface area contributed by atoms with E-state index in [4.69, 9.17) is 16.7 Å². The molecule has 0 aliphatic rings. The molecule has 1 aromatic heterocycles. The van der Waals surface area contributed by atoms with Gasteiger partial charge in [-0.05, 0) is 36.8 Å². The summed E-state index contributed by atoms with van der Waals surface area (Å²) in [6, 6.07) is 6.44. The van der Waals surface area contributed by atoms with Crippen molar-refractivity contribution in [3.63, 3.8) is 0 Å². The zero-order valence-electron chi connectivity index (χ0n) is 10.4. The summed E-state index contributed by atoms with van der Waals surface area (Å²) in [6.45, 7) is 1.58. The first-order valence-electron chi connectivity index (χ1n) is 5.51. The molecule has 0 amide bonds. The number of hydrogen-bond acceptors (Lipinski definition) is 4. The molecule has 4 nitrogen and oxygen atoms in total. The molecule has 0 bridgehead atoms. The lowest BCUT2D eigenvalue weighted by Crippen LogP contribution is -2.11. The predicted octanol–water partition coefficient (Wildman–Crippen LogP) is 3.77. The Morgan fingerprint density at radius 3 is 2.70 bits per heavy atom. The highest BCUT2D eigenvalue weighted by atomic mass is 79.9. The molecule has 1 heterocycles. The molecule has 0 unspecified atom stereocenters. The minimum Gasteiger partial charge on any atom is -0.391 e. The molecule has 0 aliphatic carbocycles. The maximum absolute atomic E-state index is 12.3. The van der Waals surface area contributed by atoms with Crippen molar-refractivity contribution in [1.29, 1.82) is 0 Å². The zero-order valence-corrected chi connectivity index (χ0v) is 14.3. The second-order valence-corrected chi connectivity index (χ2v) is 8.43. The van der Waals surface area contributed by atoms with Crippen molar-refractivity contribution in [2.75, 3.05) is 4.72 Å². The first kappa shape index (κ1) is 15.8. The fraction of sp³-hybridized carbons (Fsp3) is 0.167. The summed E-state index contributed by atoms with van der Waals surface area (Å²) in [5.74, 6) is 0. The summed E-state index contributed by atoms with van der Waals surface area (Å²) < 4.78 is 27.9. The predicted molar refractivity (Wildman–Crippen MR) is 84.9 cm³/mol. The lowest BCUT2D eigenvalue weighted by molar-refractivity contribution is 0.285. The van der Waals surface area contributed by atoms with Crippen LogP contribution in [0.3, 0.4) is 0 Å². The fourth-order valence-electron chi connectivity index (χ4n) is 1.55. The first-order valence-corrected chi connectivity index (χ1v) is 8.98. The molecule has 108 valence electrons. The molecule has 0 saturated carbocycles. The van der Waals surface area contributed by atoms with E-state index in [0.717, 1.165) is 21.4 Å². The maximum Gasteiger partial charge on any atom is 0.271 e. The van der Waals surface area contributed by atoms with Gasteiger partial charge in [-0.2, -0.15) is 0 Å². The Labute approximate surface area is 134 Å². The summed E-state index contributed by atoms with van der Waals surface area (Å²) in [4.78, 5) is 0.630. The molecule has 0 fully saturated rings. The van der Waals surface area contributed by atoms with Crippen molar-refractivity contribution in [3.05, 3.63) is 44.2 Å². The number of hydrogen-bond donors (Lipinski definition) is 2. The van der Waals surface area contributed by atoms with Gasteiger partial charge < -0.3 is 5.11 Å². The Kier molecular flexibility index (Phi) is 4.76. The van der Waals surface area contributed by atoms with Crippen LogP contribution in [0.4, 0.5) is 5.69 Å². The van der Waals surface area contributed by atoms with Crippen molar-refractivity contribution in [2.24, 2.45) is 0 Å². The van der Waals surface area contributed by atoms with Crippen LogP contribution in [0.1, 0.15) is 10.4 Å². The summed E-state index contributed by atoms with van der Waals surface area (Å²) >= 11 is 10.3. The summed E-state index contributed by atoms with van der Waals surface area (Å²) in [7, 11) is -3.71. The molecule has 2 rings (SSSR count). The van der Waals surface area contributed by atoms with E-state index in [1.165, 1.54) is 6.07 Å². The van der Waals surface area contributed by atoms with Crippen LogP contribution in [-0.4, -0.2) is 13.5 Å². The molecule has 0 radical (unpaired) electrons. The van der Waals surface area contributed by atoms with Crippen LogP contribution < -0.4 is 4.72 Å². The zero-order chi connectivity index (χ0) is 14.9. The highest BCUT2D eigenvalue weighted by Crippen LogP contribution is 2.31. The van der Waals surface area contributed by atoms with Gasteiger partial charge >= 0.3 is 0 Å². The molecule has 2 N–H and O–H groups in total. The quantitative estimate of drug-likeness (QED) is 0.827. The Hall–Kier alpha value is -0.600. The second-order valence-electron chi connectivity index (χ2n) is 4.06. The number of nitrogens with one attached hydrogen (secondary N) is 1. The first-order chi connectivity index (χ1) is 9.33. The van der Waals surface area contributed by atoms with Gasteiger partial charge in [0.15, 0.2) is 0 Å². The van der Waals surface area contributed by atoms with Crippen molar-refractivity contribution in [1.82, 2.24) is 0 Å². The Balaban J connectivity index is 2.37. The molecular formula is C12H11BrClNO3S2. The highest BCUT2D eigenvalue weighted by Gasteiger charge is 2.20. The van der Waals surface area contributed by atoms with Gasteiger partial charge in [-0.15, -0.1) is 11.3 Å². The van der Waals surface area contributed by atoms with E-state index in [2.05, 4.69) is 20.7 Å². The van der Waals surface area contributed by atoms with Gasteiger partial charge in [-0.25, -0.2) is 8.42 Å². The topological polar surface area (TPSA) is 66.4 Å². The number of aryl methyl sites for hydroxylation is 1. The number of thiophene rings is 1. The molecule has 2 aromatic rings. The Morgan fingerprint density at radius 2 is 2.10 bits per heavy atom. The largest absolute Gasteiger partial charge is 0.391 e. The number of aliphatic hydroxyl groups is 1. The summed E-state index contributed by atoms with van der Waals surface area (Å²) in [5.41, 5.74) is 1.05. The molecule has 20 heavy (non-hydrogen) atoms. The van der Waals surface area contributed by atoms with Gasteiger partial charge in [0.1, 0.15) is 4.21 Å². The molecule has 0 aliphatic heterocycles. The third kappa shape index (κ3) is 3.35. The highest BCUT2D eigenvalue weighted by molar-refractivity contribution is 9.10. The minimum absolute atomic E-state index is 0.148. The van der Waals surface area contributed by atoms with Crippen molar-refractivity contribution >= 4 is 54.6 Å². The smallest absolute Gasteiger partial charge is 0.271 e. The van der Waals surface area contributed by atoms with Crippen LogP contribution in [0, 0.1) is 6.92 Å². The number of anilines is 1. The van der Waals surface area contributed by atoms with Crippen molar-refractivity contribution in [2.45, 2.75) is 17.7 Å². The average Bonchev–Trinajstić information content (AvgIpc) is 2.76. The Bertz CT molecular complexity index is 743. The van der Waals surface area contributed by atoms with E-state index >= 15 is 0 Å². The molecule has 0 saturated heterocycles. The van der Waals surface area contributed by atoms with Gasteiger partial charge in [-0.3, -0.25) is 4.72 Å². The average molecular weight is 397 g/mol. The number of aliphatic hydroxyl groups excluding tert-OH is 1. The van der Waals surface area contributed by atoms with E-state index in [1.54, 1.807) is 25.1 Å². The van der Waals surface area contributed by atoms with E-state index in [0.29, 0.717) is 15.6 Å². The van der Waals surface area contributed by atoms with Crippen molar-refractivity contribution < 1.29 is 13.5 Å². The van der Waals surface area contributed by atoms with E-state index in [1.807, 2.05) is 0 Å². The van der Waals surface area contributed by atoms with Gasteiger partial charge in [0.05, 0.1) is 17.3 Å². The van der Waals surface area contributed by atoms with Crippen LogP contribution in [-0.2, 0) is 16.6 Å². The summed E-state index contributed by atoms with van der Waals surface area (Å²) in [5, 5.41) is 9.45. The number of rotatable bonds is 4.